The van der Waals surface area contributed by atoms with Crippen molar-refractivity contribution in [3.8, 4) is 5.75 Å². The lowest BCUT2D eigenvalue weighted by Crippen LogP contribution is -2.40. The summed E-state index contributed by atoms with van der Waals surface area (Å²) in [6.07, 6.45) is 5.97. The Bertz CT molecular complexity index is 1490. The number of likely N-dealkylation sites (tertiary alicyclic amines) is 1. The molecule has 0 saturated carbocycles. The van der Waals surface area contributed by atoms with E-state index in [2.05, 4.69) is 58.8 Å². The number of ether oxygens (including phenoxy) is 2. The molecular weight excluding hydrogens is 548 g/mol. The number of rotatable bonds is 8. The van der Waals surface area contributed by atoms with Crippen LogP contribution in [0.1, 0.15) is 53.5 Å². The van der Waals surface area contributed by atoms with Crippen LogP contribution >= 0.6 is 10.9 Å². The number of nitrogens with two attached hydrogens (primary N) is 1. The largest absolute Gasteiger partial charge is 0.493 e. The van der Waals surface area contributed by atoms with Gasteiger partial charge in [0.2, 0.25) is 0 Å². The van der Waals surface area contributed by atoms with Gasteiger partial charge in [-0.25, -0.2) is 4.79 Å². The fraction of sp³-hybridized carbons (Fsp3) is 0.394. The van der Waals surface area contributed by atoms with E-state index in [0.717, 1.165) is 63.3 Å². The number of nitrogens with zero attached hydrogens (tertiary/aromatic N) is 3. The molecular formula is C33H40N4O4S. The summed E-state index contributed by atoms with van der Waals surface area (Å²) in [6.45, 7) is 6.24. The summed E-state index contributed by atoms with van der Waals surface area (Å²) in [6, 6.07) is 17.2. The highest BCUT2D eigenvalue weighted by atomic mass is 32.2. The molecule has 2 N–H and O–H groups in total. The minimum atomic E-state index is -0.669. The first-order valence-corrected chi connectivity index (χ1v) is 16.3. The van der Waals surface area contributed by atoms with Crippen molar-refractivity contribution in [1.29, 1.82) is 0 Å². The molecule has 0 spiro atoms. The predicted octanol–water partition coefficient (Wildman–Crippen LogP) is 5.73. The summed E-state index contributed by atoms with van der Waals surface area (Å²) in [5.74, 6) is 0.946. The fourth-order valence-electron chi connectivity index (χ4n) is 6.36. The van der Waals surface area contributed by atoms with Crippen molar-refractivity contribution >= 4 is 34.7 Å². The SMILES string of the molecule is CCOC(=O)N1CCC(COc2ccc(CN3CCCc4c3cccc4[SH]3C=Cc4c3cc(C(N)=O)n4C)cc2)CC1. The lowest BCUT2D eigenvalue weighted by molar-refractivity contribution is 0.0844. The van der Waals surface area contributed by atoms with E-state index in [1.54, 1.807) is 4.90 Å². The van der Waals surface area contributed by atoms with Crippen molar-refractivity contribution in [3.05, 3.63) is 76.5 Å². The maximum absolute atomic E-state index is 12.0. The molecule has 0 radical (unpaired) electrons. The number of amides is 2. The summed E-state index contributed by atoms with van der Waals surface area (Å²) in [4.78, 5) is 30.8. The van der Waals surface area contributed by atoms with Gasteiger partial charge >= 0.3 is 6.09 Å². The number of primary amides is 1. The summed E-state index contributed by atoms with van der Waals surface area (Å²) < 4.78 is 13.2. The van der Waals surface area contributed by atoms with Crippen LogP contribution in [-0.4, -0.2) is 54.3 Å². The molecule has 222 valence electrons. The Morgan fingerprint density at radius 1 is 1.05 bits per heavy atom. The molecule has 1 saturated heterocycles. The summed E-state index contributed by atoms with van der Waals surface area (Å²) in [7, 11) is 1.24. The number of thiol groups is 1. The van der Waals surface area contributed by atoms with Gasteiger partial charge in [-0.05, 0) is 91.5 Å². The van der Waals surface area contributed by atoms with Gasteiger partial charge in [0.05, 0.1) is 18.9 Å². The molecule has 3 aliphatic heterocycles. The van der Waals surface area contributed by atoms with Gasteiger partial charge in [-0.15, -0.1) is 0 Å². The third-order valence-electron chi connectivity index (χ3n) is 8.66. The molecule has 2 aromatic carbocycles. The molecule has 8 nitrogen and oxygen atoms in total. The highest BCUT2D eigenvalue weighted by Gasteiger charge is 2.28. The maximum Gasteiger partial charge on any atom is 0.409 e. The van der Waals surface area contributed by atoms with Crippen LogP contribution in [-0.2, 0) is 24.8 Å². The second kappa shape index (κ2) is 12.2. The van der Waals surface area contributed by atoms with Gasteiger partial charge in [0.15, 0.2) is 0 Å². The predicted molar refractivity (Wildman–Crippen MR) is 168 cm³/mol. The number of hydrogen-bond donors (Lipinski definition) is 2. The topological polar surface area (TPSA) is 90.0 Å². The molecule has 3 aromatic rings. The van der Waals surface area contributed by atoms with Gasteiger partial charge in [0.25, 0.3) is 5.91 Å². The van der Waals surface area contributed by atoms with Crippen LogP contribution in [0.3, 0.4) is 0 Å². The first kappa shape index (κ1) is 28.3. The van der Waals surface area contributed by atoms with E-state index in [1.165, 1.54) is 26.6 Å². The monoisotopic (exact) mass is 588 g/mol. The van der Waals surface area contributed by atoms with Crippen molar-refractivity contribution in [2.75, 3.05) is 37.7 Å². The molecule has 0 bridgehead atoms. The van der Waals surface area contributed by atoms with Crippen molar-refractivity contribution in [3.63, 3.8) is 0 Å². The number of aromatic nitrogens is 1. The minimum Gasteiger partial charge on any atom is -0.493 e. The Balaban J connectivity index is 1.09. The van der Waals surface area contributed by atoms with Crippen LogP contribution in [0.25, 0.3) is 6.08 Å². The molecule has 1 fully saturated rings. The normalized spacial score (nSPS) is 19.0. The molecule has 0 aliphatic carbocycles. The van der Waals surface area contributed by atoms with Crippen molar-refractivity contribution in [2.24, 2.45) is 18.7 Å². The van der Waals surface area contributed by atoms with E-state index in [4.69, 9.17) is 15.2 Å². The average Bonchev–Trinajstić information content (AvgIpc) is 3.57. The molecule has 4 heterocycles. The van der Waals surface area contributed by atoms with Crippen LogP contribution in [0.5, 0.6) is 5.75 Å². The van der Waals surface area contributed by atoms with Gasteiger partial charge < -0.3 is 29.6 Å². The zero-order chi connectivity index (χ0) is 29.2. The second-order valence-corrected chi connectivity index (χ2v) is 13.3. The van der Waals surface area contributed by atoms with Crippen LogP contribution in [0, 0.1) is 5.92 Å². The van der Waals surface area contributed by atoms with Crippen LogP contribution in [0.2, 0.25) is 0 Å². The lowest BCUT2D eigenvalue weighted by Gasteiger charge is -2.34. The minimum absolute atomic E-state index is 0.208. The number of hydrogen-bond acceptors (Lipinski definition) is 5. The molecule has 42 heavy (non-hydrogen) atoms. The molecule has 1 aromatic heterocycles. The van der Waals surface area contributed by atoms with Crippen molar-refractivity contribution < 1.29 is 19.1 Å². The van der Waals surface area contributed by atoms with E-state index in [9.17, 15) is 9.59 Å². The Morgan fingerprint density at radius 2 is 1.83 bits per heavy atom. The summed E-state index contributed by atoms with van der Waals surface area (Å²) in [5.41, 5.74) is 11.3. The number of carbonyl (C=O) groups excluding carboxylic acids is 2. The van der Waals surface area contributed by atoms with E-state index in [1.807, 2.05) is 24.6 Å². The van der Waals surface area contributed by atoms with Gasteiger partial charge in [-0.3, -0.25) is 4.79 Å². The molecule has 3 aliphatic rings. The number of fused-ring (bicyclic) bond motifs is 2. The van der Waals surface area contributed by atoms with E-state index < -0.39 is 10.9 Å². The van der Waals surface area contributed by atoms with Gasteiger partial charge in [0.1, 0.15) is 11.4 Å². The zero-order valence-electron chi connectivity index (χ0n) is 24.4. The average molecular weight is 589 g/mol. The third-order valence-corrected chi connectivity index (χ3v) is 10.9. The van der Waals surface area contributed by atoms with E-state index in [-0.39, 0.29) is 12.0 Å². The van der Waals surface area contributed by atoms with Gasteiger partial charge in [-0.1, -0.05) is 18.2 Å². The Morgan fingerprint density at radius 3 is 2.57 bits per heavy atom. The van der Waals surface area contributed by atoms with Gasteiger partial charge in [-0.2, -0.15) is 10.9 Å². The maximum atomic E-state index is 12.0. The second-order valence-electron chi connectivity index (χ2n) is 11.3. The van der Waals surface area contributed by atoms with Crippen LogP contribution < -0.4 is 15.4 Å². The number of anilines is 1. The standard InChI is InChI=1S/C33H40N4O4S/c1-3-40-33(39)36-17-13-24(14-18-36)22-41-25-11-9-23(10-12-25)21-37-16-5-6-26-27(37)7-4-8-30(26)42-19-15-28-31(42)20-29(32(34)38)35(28)2/h4,7-12,15,19-20,24,42H,3,5-6,13-14,16-18,21-22H2,1-2H3,(H2,34,38). The zero-order valence-corrected chi connectivity index (χ0v) is 25.3. The quantitative estimate of drug-likeness (QED) is 0.328. The Kier molecular flexibility index (Phi) is 8.20. The molecule has 9 heteroatoms. The third kappa shape index (κ3) is 5.62. The Labute approximate surface area is 250 Å². The molecule has 1 atom stereocenters. The highest BCUT2D eigenvalue weighted by Crippen LogP contribution is 2.55. The fourth-order valence-corrected chi connectivity index (χ4v) is 8.73. The van der Waals surface area contributed by atoms with Crippen molar-refractivity contribution in [2.45, 2.75) is 48.9 Å². The van der Waals surface area contributed by atoms with E-state index >= 15 is 0 Å². The lowest BCUT2D eigenvalue weighted by atomic mass is 9.98. The smallest absolute Gasteiger partial charge is 0.409 e. The van der Waals surface area contributed by atoms with Crippen LogP contribution in [0.15, 0.2) is 63.7 Å². The van der Waals surface area contributed by atoms with Crippen LogP contribution in [0.4, 0.5) is 10.5 Å². The van der Waals surface area contributed by atoms with Gasteiger partial charge in [0, 0.05) is 48.7 Å². The summed E-state index contributed by atoms with van der Waals surface area (Å²) in [5, 5.41) is 2.31. The summed E-state index contributed by atoms with van der Waals surface area (Å²) >= 11 is 0. The number of carbonyl (C=O) groups is 2. The number of piperidine rings is 1. The Hall–Kier alpha value is -3.85. The number of benzene rings is 2. The highest BCUT2D eigenvalue weighted by molar-refractivity contribution is 8.20. The molecule has 6 rings (SSSR count). The van der Waals surface area contributed by atoms with Crippen molar-refractivity contribution in [1.82, 2.24) is 9.47 Å². The first-order chi connectivity index (χ1) is 20.4. The first-order valence-electron chi connectivity index (χ1n) is 14.9. The molecule has 1 unspecified atom stereocenters. The van der Waals surface area contributed by atoms with E-state index in [0.29, 0.717) is 24.8 Å². The molecule has 2 amide bonds.